The molecule has 2 aliphatic carbocycles. The highest BCUT2D eigenvalue weighted by Crippen LogP contribution is 2.49. The van der Waals surface area contributed by atoms with Crippen LogP contribution in [0.2, 0.25) is 0 Å². The number of hydrogen-bond donors (Lipinski definition) is 1. The van der Waals surface area contributed by atoms with Crippen LogP contribution in [0.4, 0.5) is 0 Å². The van der Waals surface area contributed by atoms with Crippen LogP contribution < -0.4 is 5.32 Å². The number of hydrogen-bond acceptors (Lipinski definition) is 3. The van der Waals surface area contributed by atoms with Crippen LogP contribution in [0.5, 0.6) is 0 Å². The van der Waals surface area contributed by atoms with Crippen molar-refractivity contribution in [3.05, 3.63) is 83.1 Å². The van der Waals surface area contributed by atoms with Crippen LogP contribution in [0.3, 0.4) is 0 Å². The fraction of sp³-hybridized carbons (Fsp3) is 0.261. The first-order valence-electron chi connectivity index (χ1n) is 9.20. The Hall–Kier alpha value is -3.01. The minimum absolute atomic E-state index is 0.0142. The minimum Gasteiger partial charge on any atom is -0.319 e. The van der Waals surface area contributed by atoms with Crippen LogP contribution in [0.1, 0.15) is 34.3 Å². The molecule has 27 heavy (non-hydrogen) atoms. The van der Waals surface area contributed by atoms with E-state index < -0.39 is 5.92 Å². The largest absolute Gasteiger partial charge is 0.319 e. The van der Waals surface area contributed by atoms with Gasteiger partial charge in [-0.2, -0.15) is 0 Å². The molecule has 0 heterocycles. The molecule has 0 spiro atoms. The molecule has 4 atom stereocenters. The van der Waals surface area contributed by atoms with Gasteiger partial charge >= 0.3 is 0 Å². The maximum absolute atomic E-state index is 13.1. The van der Waals surface area contributed by atoms with Gasteiger partial charge in [-0.3, -0.25) is 14.4 Å². The van der Waals surface area contributed by atoms with E-state index >= 15 is 0 Å². The molecule has 2 aromatic carbocycles. The quantitative estimate of drug-likeness (QED) is 0.854. The lowest BCUT2D eigenvalue weighted by atomic mass is 9.81. The van der Waals surface area contributed by atoms with E-state index in [2.05, 4.69) is 5.32 Å². The standard InChI is InChI=1S/C23H21NO3/c1-13-8-10-15(11-9-13)19-14(2)17-12-18(22(26)20(19)21(17)25)24-23(27)16-6-4-3-5-7-16/h3-12,14,17,19-20H,1-2H3,(H,24,27). The van der Waals surface area contributed by atoms with Crippen molar-refractivity contribution in [2.24, 2.45) is 17.8 Å². The van der Waals surface area contributed by atoms with Crippen molar-refractivity contribution >= 4 is 17.5 Å². The van der Waals surface area contributed by atoms with Gasteiger partial charge in [0.05, 0.1) is 11.6 Å². The molecule has 4 unspecified atom stereocenters. The molecule has 2 aromatic rings. The zero-order valence-corrected chi connectivity index (χ0v) is 15.3. The molecule has 0 saturated heterocycles. The Kier molecular flexibility index (Phi) is 4.27. The van der Waals surface area contributed by atoms with Crippen LogP contribution in [0.15, 0.2) is 66.4 Å². The molecular weight excluding hydrogens is 338 g/mol. The number of benzene rings is 2. The summed E-state index contributed by atoms with van der Waals surface area (Å²) in [6, 6.07) is 16.8. The van der Waals surface area contributed by atoms with Crippen LogP contribution in [-0.2, 0) is 9.59 Å². The Bertz CT molecular complexity index is 943. The van der Waals surface area contributed by atoms with Crippen molar-refractivity contribution in [3.8, 4) is 0 Å². The molecule has 1 saturated carbocycles. The van der Waals surface area contributed by atoms with Crippen LogP contribution in [0.25, 0.3) is 0 Å². The normalized spacial score (nSPS) is 26.7. The Balaban J connectivity index is 1.64. The summed E-state index contributed by atoms with van der Waals surface area (Å²) in [6.07, 6.45) is 1.65. The van der Waals surface area contributed by atoms with Crippen molar-refractivity contribution in [2.45, 2.75) is 19.8 Å². The van der Waals surface area contributed by atoms with Gasteiger partial charge in [0.15, 0.2) is 11.6 Å². The maximum Gasteiger partial charge on any atom is 0.255 e. The molecule has 0 aliphatic heterocycles. The van der Waals surface area contributed by atoms with Gasteiger partial charge in [0.25, 0.3) is 5.91 Å². The summed E-state index contributed by atoms with van der Waals surface area (Å²) < 4.78 is 0. The van der Waals surface area contributed by atoms with Crippen molar-refractivity contribution < 1.29 is 14.4 Å². The molecule has 4 nitrogen and oxygen atoms in total. The molecule has 0 aromatic heterocycles. The molecule has 1 N–H and O–H groups in total. The number of nitrogens with one attached hydrogen (secondary N) is 1. The summed E-state index contributed by atoms with van der Waals surface area (Å²) in [5.74, 6) is -1.85. The fourth-order valence-corrected chi connectivity index (χ4v) is 4.30. The van der Waals surface area contributed by atoms with E-state index in [1.807, 2.05) is 44.2 Å². The third-order valence-electron chi connectivity index (χ3n) is 5.77. The second kappa shape index (κ2) is 6.62. The first kappa shape index (κ1) is 17.4. The first-order chi connectivity index (χ1) is 13.0. The van der Waals surface area contributed by atoms with Gasteiger partial charge in [-0.1, -0.05) is 55.0 Å². The Labute approximate surface area is 158 Å². The van der Waals surface area contributed by atoms with Crippen molar-refractivity contribution in [3.63, 3.8) is 0 Å². The molecule has 0 radical (unpaired) electrons. The second-order valence-corrected chi connectivity index (χ2v) is 7.47. The average molecular weight is 359 g/mol. The number of allylic oxidation sites excluding steroid dienone is 2. The maximum atomic E-state index is 13.1. The average Bonchev–Trinajstić information content (AvgIpc) is 2.85. The number of aryl methyl sites for hydroxylation is 1. The van der Waals surface area contributed by atoms with E-state index in [0.717, 1.165) is 11.1 Å². The van der Waals surface area contributed by atoms with Crippen molar-refractivity contribution in [1.82, 2.24) is 5.32 Å². The van der Waals surface area contributed by atoms with E-state index in [0.29, 0.717) is 5.56 Å². The monoisotopic (exact) mass is 359 g/mol. The first-order valence-corrected chi connectivity index (χ1v) is 9.20. The van der Waals surface area contributed by atoms with Gasteiger partial charge in [-0.25, -0.2) is 0 Å². The molecule has 4 heteroatoms. The highest BCUT2D eigenvalue weighted by Gasteiger charge is 2.54. The van der Waals surface area contributed by atoms with E-state index in [-0.39, 0.29) is 40.9 Å². The third kappa shape index (κ3) is 2.91. The number of rotatable bonds is 3. The number of ketones is 2. The van der Waals surface area contributed by atoms with Crippen LogP contribution in [-0.4, -0.2) is 17.5 Å². The van der Waals surface area contributed by atoms with Crippen molar-refractivity contribution in [2.75, 3.05) is 0 Å². The predicted molar refractivity (Wildman–Crippen MR) is 102 cm³/mol. The predicted octanol–water partition coefficient (Wildman–Crippen LogP) is 3.43. The van der Waals surface area contributed by atoms with Gasteiger partial charge in [0.1, 0.15) is 0 Å². The molecule has 2 bridgehead atoms. The molecule has 1 amide bonds. The van der Waals surface area contributed by atoms with Gasteiger partial charge in [0.2, 0.25) is 0 Å². The fourth-order valence-electron chi connectivity index (χ4n) is 4.30. The van der Waals surface area contributed by atoms with Crippen molar-refractivity contribution in [1.29, 1.82) is 0 Å². The van der Waals surface area contributed by atoms with E-state index in [1.165, 1.54) is 0 Å². The van der Waals surface area contributed by atoms with Gasteiger partial charge in [-0.05, 0) is 36.6 Å². The lowest BCUT2D eigenvalue weighted by Crippen LogP contribution is -2.37. The zero-order chi connectivity index (χ0) is 19.1. The van der Waals surface area contributed by atoms with E-state index in [1.54, 1.807) is 30.3 Å². The number of Topliss-reactive ketones (excluding diaryl/α,β-unsaturated/α-hetero) is 2. The summed E-state index contributed by atoms with van der Waals surface area (Å²) >= 11 is 0. The highest BCUT2D eigenvalue weighted by atomic mass is 16.2. The molecule has 136 valence electrons. The number of fused-ring (bicyclic) bond motifs is 2. The summed E-state index contributed by atoms with van der Waals surface area (Å²) in [5, 5.41) is 2.73. The third-order valence-corrected chi connectivity index (χ3v) is 5.77. The summed E-state index contributed by atoms with van der Waals surface area (Å²) in [4.78, 5) is 38.3. The van der Waals surface area contributed by atoms with Gasteiger partial charge < -0.3 is 5.32 Å². The second-order valence-electron chi connectivity index (χ2n) is 7.47. The Morgan fingerprint density at radius 3 is 2.30 bits per heavy atom. The lowest BCUT2D eigenvalue weighted by molar-refractivity contribution is -0.131. The number of carbonyl (C=O) groups is 3. The minimum atomic E-state index is -0.719. The SMILES string of the molecule is Cc1ccc(C2C3C(=O)C(NC(=O)c4ccccc4)=CC(C3=O)C2C)cc1. The summed E-state index contributed by atoms with van der Waals surface area (Å²) in [5.41, 5.74) is 2.88. The van der Waals surface area contributed by atoms with Crippen LogP contribution in [0, 0.1) is 24.7 Å². The molecule has 4 rings (SSSR count). The summed E-state index contributed by atoms with van der Waals surface area (Å²) in [7, 11) is 0. The lowest BCUT2D eigenvalue weighted by Gasteiger charge is -2.22. The van der Waals surface area contributed by atoms with Crippen LogP contribution >= 0.6 is 0 Å². The topological polar surface area (TPSA) is 63.2 Å². The van der Waals surface area contributed by atoms with Gasteiger partial charge in [0, 0.05) is 17.4 Å². The smallest absolute Gasteiger partial charge is 0.255 e. The molecular formula is C23H21NO3. The molecule has 1 fully saturated rings. The molecule has 2 aliphatic rings. The zero-order valence-electron chi connectivity index (χ0n) is 15.3. The number of amides is 1. The highest BCUT2D eigenvalue weighted by molar-refractivity contribution is 6.18. The van der Waals surface area contributed by atoms with E-state index in [4.69, 9.17) is 0 Å². The van der Waals surface area contributed by atoms with E-state index in [9.17, 15) is 14.4 Å². The number of carbonyl (C=O) groups excluding carboxylic acids is 3. The summed E-state index contributed by atoms with van der Waals surface area (Å²) in [6.45, 7) is 4.02. The van der Waals surface area contributed by atoms with Gasteiger partial charge in [-0.15, -0.1) is 0 Å². The Morgan fingerprint density at radius 2 is 1.63 bits per heavy atom. The Morgan fingerprint density at radius 1 is 0.963 bits per heavy atom.